The molecule has 0 saturated carbocycles. The van der Waals surface area contributed by atoms with Gasteiger partial charge in [0.2, 0.25) is 0 Å². The van der Waals surface area contributed by atoms with Crippen molar-refractivity contribution in [2.24, 2.45) is 0 Å². The number of anilines is 6. The van der Waals surface area contributed by atoms with E-state index in [1.165, 1.54) is 25.4 Å². The van der Waals surface area contributed by atoms with E-state index in [0.29, 0.717) is 54.6 Å². The van der Waals surface area contributed by atoms with Crippen LogP contribution in [0.4, 0.5) is 42.9 Å². The van der Waals surface area contributed by atoms with Crippen molar-refractivity contribution in [3.05, 3.63) is 242 Å². The van der Waals surface area contributed by atoms with Gasteiger partial charge in [-0.25, -0.2) is 8.78 Å². The average molecular weight is 1160 g/mol. The zero-order valence-electron chi connectivity index (χ0n) is 58.8. The maximum atomic E-state index is 18.8. The van der Waals surface area contributed by atoms with E-state index in [0.717, 1.165) is 16.3 Å². The van der Waals surface area contributed by atoms with E-state index in [1.54, 1.807) is 24.3 Å². The molecule has 2 nitrogen and oxygen atoms in total. The van der Waals surface area contributed by atoms with Crippen LogP contribution in [0.1, 0.15) is 13.7 Å². The van der Waals surface area contributed by atoms with Crippen molar-refractivity contribution in [1.82, 2.24) is 0 Å². The number of hydrogen-bond acceptors (Lipinski definition) is 2. The van der Waals surface area contributed by atoms with Gasteiger partial charge < -0.3 is 9.80 Å². The Balaban J connectivity index is 1.17. The third-order valence-corrected chi connectivity index (χ3v) is 23.8. The molecule has 1 radical (unpaired) electrons. The molecule has 0 fully saturated rings. The fourth-order valence-electron chi connectivity index (χ4n) is 11.4. The number of nitrogens with zero attached hydrogens (tertiary/aromatic N) is 2. The Morgan fingerprint density at radius 2 is 0.675 bits per heavy atom. The minimum atomic E-state index is -1.80. The molecule has 0 aliphatic heterocycles. The molecule has 0 bridgehead atoms. The average Bonchev–Trinajstić information content (AvgIpc) is 0.717. The molecule has 12 aromatic carbocycles. The van der Waals surface area contributed by atoms with Crippen LogP contribution >= 0.6 is 0 Å². The number of para-hydroxylation sites is 2. The van der Waals surface area contributed by atoms with E-state index in [-0.39, 0.29) is 45.3 Å². The van der Waals surface area contributed by atoms with Crippen LogP contribution in [0.2, 0.25) is 72.0 Å². The second-order valence-electron chi connectivity index (χ2n) is 25.0. The summed E-state index contributed by atoms with van der Waals surface area (Å²) in [5.41, 5.74) is 4.32. The maximum Gasteiger partial charge on any atom is 0.155 e. The third kappa shape index (κ3) is 10.6. The van der Waals surface area contributed by atoms with Crippen molar-refractivity contribution in [1.29, 1.82) is 0 Å². The van der Waals surface area contributed by atoms with Gasteiger partial charge in [-0.05, 0) is 115 Å². The lowest BCUT2D eigenvalue weighted by atomic mass is 9.91. The first-order valence-corrected chi connectivity index (χ1v) is 41.2. The van der Waals surface area contributed by atoms with Crippen LogP contribution in [-0.4, -0.2) is 33.0 Å². The molecule has 0 aromatic heterocycles. The molecule has 0 unspecified atom stereocenters. The lowest BCUT2D eigenvalue weighted by Gasteiger charge is -2.30. The molecule has 83 heavy (non-hydrogen) atoms. The summed E-state index contributed by atoms with van der Waals surface area (Å²) in [6.45, 7) is 24.7. The lowest BCUT2D eigenvalue weighted by molar-refractivity contribution is 0.632. The molecule has 0 aliphatic rings. The highest BCUT2D eigenvalue weighted by Crippen LogP contribution is 2.50. The standard InChI is InChI=1S/C75H71F2N2Si4/c1-80(2)60-34-22-52(23-35-60)66-46-56(50-24-36-61(37-25-50)81(3,4)5)48-70(74(66)76)78(58-18-14-12-15-19-58)68-44-32-54-31-43-65-69(45-33-55-30-42-64(68)72(54)73(55)65)79(59-20-16-13-17-21-59)71-49-57(51-26-38-62(39-27-51)82(6,7)8)47-67(75(71)77)53-28-40-63(41-29-53)83(9,10)11/h12-49H,1-11H3/i12D,13D,14D,15D,16D,17D,18D,19D,20D,21D. The molecule has 0 amide bonds. The number of halogens is 2. The van der Waals surface area contributed by atoms with Crippen molar-refractivity contribution in [2.45, 2.75) is 72.0 Å². The van der Waals surface area contributed by atoms with Gasteiger partial charge in [0.05, 0.1) is 69.5 Å². The van der Waals surface area contributed by atoms with Crippen LogP contribution in [0.25, 0.3) is 76.8 Å². The molecule has 0 saturated heterocycles. The van der Waals surface area contributed by atoms with Crippen molar-refractivity contribution < 1.29 is 22.5 Å². The maximum absolute atomic E-state index is 18.8. The Kier molecular flexibility index (Phi) is 11.6. The van der Waals surface area contributed by atoms with E-state index in [2.05, 4.69) is 96.3 Å². The first-order valence-electron chi connectivity index (χ1n) is 33.2. The second kappa shape index (κ2) is 21.6. The molecule has 411 valence electrons. The van der Waals surface area contributed by atoms with E-state index in [1.807, 2.05) is 121 Å². The Labute approximate surface area is 508 Å². The summed E-state index contributed by atoms with van der Waals surface area (Å²) in [4.78, 5) is 2.91. The number of benzene rings is 12. The van der Waals surface area contributed by atoms with E-state index in [9.17, 15) is 5.48 Å². The smallest absolute Gasteiger partial charge is 0.155 e. The van der Waals surface area contributed by atoms with Crippen molar-refractivity contribution in [3.8, 4) is 44.5 Å². The molecule has 12 aromatic rings. The topological polar surface area (TPSA) is 6.48 Å². The third-order valence-electron chi connectivity index (χ3n) is 16.1. The molecule has 0 N–H and O–H groups in total. The summed E-state index contributed by atoms with van der Waals surface area (Å²) in [6.07, 6.45) is 0. The number of hydrogen-bond donors (Lipinski definition) is 0. The summed E-state index contributed by atoms with van der Waals surface area (Å²) in [5, 5.41) is 8.45. The molecular weight excluding hydrogens is 1080 g/mol. The molecule has 0 aliphatic carbocycles. The normalized spacial score (nSPS) is 14.0. The highest BCUT2D eigenvalue weighted by molar-refractivity contribution is 6.89. The van der Waals surface area contributed by atoms with Gasteiger partial charge in [-0.15, -0.1) is 0 Å². The first kappa shape index (κ1) is 44.6. The minimum absolute atomic E-state index is 0.0744. The largest absolute Gasteiger partial charge is 0.307 e. The number of rotatable bonds is 14. The summed E-state index contributed by atoms with van der Waals surface area (Å²) in [6, 6.07) is 48.2. The van der Waals surface area contributed by atoms with Crippen molar-refractivity contribution in [2.75, 3.05) is 9.80 Å². The fourth-order valence-corrected chi connectivity index (χ4v) is 15.7. The van der Waals surface area contributed by atoms with Crippen molar-refractivity contribution >= 4 is 120 Å². The van der Waals surface area contributed by atoms with Gasteiger partial charge >= 0.3 is 0 Å². The highest BCUT2D eigenvalue weighted by atomic mass is 28.3. The zero-order valence-corrected chi connectivity index (χ0v) is 52.8. The summed E-state index contributed by atoms with van der Waals surface area (Å²) >= 11 is 0. The van der Waals surface area contributed by atoms with Crippen LogP contribution in [0.15, 0.2) is 230 Å². The lowest BCUT2D eigenvalue weighted by Crippen LogP contribution is -2.37. The quantitative estimate of drug-likeness (QED) is 0.0791. The fraction of sp³-hybridized carbons (Fsp3) is 0.147. The van der Waals surface area contributed by atoms with Gasteiger partial charge in [-0.2, -0.15) is 0 Å². The second-order valence-corrected chi connectivity index (χ2v) is 42.8. The summed E-state index contributed by atoms with van der Waals surface area (Å²) < 4.78 is 130. The van der Waals surface area contributed by atoms with Gasteiger partial charge in [0.1, 0.15) is 0 Å². The van der Waals surface area contributed by atoms with Gasteiger partial charge in [0.25, 0.3) is 0 Å². The molecule has 0 heterocycles. The van der Waals surface area contributed by atoms with E-state index >= 15 is 8.78 Å². The zero-order chi connectivity index (χ0) is 66.8. The van der Waals surface area contributed by atoms with Crippen LogP contribution in [-0.2, 0) is 0 Å². The highest BCUT2D eigenvalue weighted by Gasteiger charge is 2.29. The minimum Gasteiger partial charge on any atom is -0.307 e. The van der Waals surface area contributed by atoms with Gasteiger partial charge in [-0.1, -0.05) is 262 Å². The van der Waals surface area contributed by atoms with Crippen LogP contribution < -0.4 is 30.5 Å². The van der Waals surface area contributed by atoms with E-state index < -0.39 is 105 Å². The molecule has 0 spiro atoms. The van der Waals surface area contributed by atoms with E-state index in [4.69, 9.17) is 8.22 Å². The van der Waals surface area contributed by atoms with Crippen LogP contribution in [0.5, 0.6) is 0 Å². The Morgan fingerprint density at radius 3 is 1.01 bits per heavy atom. The first-order chi connectivity index (χ1) is 43.8. The van der Waals surface area contributed by atoms with Gasteiger partial charge in [-0.3, -0.25) is 0 Å². The monoisotopic (exact) mass is 1160 g/mol. The predicted molar refractivity (Wildman–Crippen MR) is 367 cm³/mol. The summed E-state index contributed by atoms with van der Waals surface area (Å²) in [5.74, 6) is -1.39. The summed E-state index contributed by atoms with van der Waals surface area (Å²) in [7, 11) is -6.20. The predicted octanol–water partition coefficient (Wildman–Crippen LogP) is 20.1. The van der Waals surface area contributed by atoms with Crippen LogP contribution in [0, 0.1) is 11.6 Å². The Morgan fingerprint density at radius 1 is 0.349 bits per heavy atom. The van der Waals surface area contributed by atoms with Crippen LogP contribution in [0.3, 0.4) is 0 Å². The van der Waals surface area contributed by atoms with Crippen molar-refractivity contribution in [3.63, 3.8) is 0 Å². The van der Waals surface area contributed by atoms with Gasteiger partial charge in [0.15, 0.2) is 11.6 Å². The Hall–Kier alpha value is -7.99. The molecular formula is C75H71F2N2Si4. The molecule has 8 heteroatoms. The molecule has 0 atom stereocenters. The SMILES string of the molecule is [2H]c1c([2H])c([2H])c(N(c2cc(-c3ccc([Si](C)(C)C)cc3)cc(-c3ccc([Si](C)C)cc3)c2F)c2ccc3ccc4c(N(c5cc(-c6ccc([Si](C)(C)C)cc6)cc(-c6ccc([Si](C)(C)C)cc6)c5F)c5c([2H])c([2H])c([2H])c([2H])c5[2H])ccc5ccc2c3c54)c([2H])c1[2H]. The van der Waals surface area contributed by atoms with Gasteiger partial charge in [0, 0.05) is 33.3 Å². The molecule has 12 rings (SSSR count). The Bertz CT molecular complexity index is 4910.